The number of carbonyl (C=O) groups excluding carboxylic acids is 1. The Balaban J connectivity index is 1.59. The molecule has 2 heterocycles. The van der Waals surface area contributed by atoms with E-state index in [-0.39, 0.29) is 29.0 Å². The van der Waals surface area contributed by atoms with Gasteiger partial charge in [0.1, 0.15) is 9.96 Å². The third-order valence-corrected chi connectivity index (χ3v) is 7.67. The summed E-state index contributed by atoms with van der Waals surface area (Å²) in [5, 5.41) is 4.46. The maximum Gasteiger partial charge on any atom is 0.387 e. The highest BCUT2D eigenvalue weighted by atomic mass is 32.2. The van der Waals surface area contributed by atoms with E-state index in [1.807, 2.05) is 0 Å². The van der Waals surface area contributed by atoms with Crippen LogP contribution in [0.2, 0.25) is 0 Å². The Bertz CT molecular complexity index is 904. The molecule has 0 spiro atoms. The van der Waals surface area contributed by atoms with Gasteiger partial charge >= 0.3 is 6.61 Å². The predicted molar refractivity (Wildman–Crippen MR) is 101 cm³/mol. The quantitative estimate of drug-likeness (QED) is 0.733. The lowest BCUT2D eigenvalue weighted by Gasteiger charge is -2.30. The van der Waals surface area contributed by atoms with Gasteiger partial charge in [-0.15, -0.1) is 11.3 Å². The molecule has 1 aromatic carbocycles. The van der Waals surface area contributed by atoms with E-state index in [2.05, 4.69) is 10.1 Å². The van der Waals surface area contributed by atoms with E-state index < -0.39 is 22.6 Å². The largest absolute Gasteiger partial charge is 0.435 e. The fourth-order valence-corrected chi connectivity index (χ4v) is 5.75. The van der Waals surface area contributed by atoms with Crippen LogP contribution in [-0.2, 0) is 21.4 Å². The molecule has 1 aliphatic rings. The van der Waals surface area contributed by atoms with Crippen molar-refractivity contribution in [2.75, 3.05) is 13.1 Å². The van der Waals surface area contributed by atoms with Crippen molar-refractivity contribution < 1.29 is 26.7 Å². The molecule has 1 atom stereocenters. The van der Waals surface area contributed by atoms with Gasteiger partial charge in [-0.3, -0.25) is 4.79 Å². The van der Waals surface area contributed by atoms with Crippen LogP contribution < -0.4 is 10.1 Å². The summed E-state index contributed by atoms with van der Waals surface area (Å²) < 4.78 is 55.9. The highest BCUT2D eigenvalue weighted by molar-refractivity contribution is 7.91. The summed E-state index contributed by atoms with van der Waals surface area (Å²) in [4.78, 5) is 12.5. The highest BCUT2D eigenvalue weighted by Crippen LogP contribution is 2.26. The van der Waals surface area contributed by atoms with Crippen LogP contribution in [0.3, 0.4) is 0 Å². The number of sulfonamides is 1. The van der Waals surface area contributed by atoms with E-state index in [1.165, 1.54) is 16.4 Å². The van der Waals surface area contributed by atoms with Crippen LogP contribution in [0, 0.1) is 5.92 Å². The Kier molecular flexibility index (Phi) is 6.63. The molecule has 0 saturated carbocycles. The van der Waals surface area contributed by atoms with Gasteiger partial charge < -0.3 is 10.1 Å². The summed E-state index contributed by atoms with van der Waals surface area (Å²) in [6.45, 7) is -2.26. The van der Waals surface area contributed by atoms with Gasteiger partial charge in [0.25, 0.3) is 10.0 Å². The number of ether oxygens (including phenoxy) is 1. The number of hydrogen-bond acceptors (Lipinski definition) is 5. The first kappa shape index (κ1) is 20.7. The summed E-state index contributed by atoms with van der Waals surface area (Å²) in [7, 11) is -3.59. The summed E-state index contributed by atoms with van der Waals surface area (Å²) in [6.07, 6.45) is 1.19. The van der Waals surface area contributed by atoms with Gasteiger partial charge in [-0.1, -0.05) is 18.2 Å². The SMILES string of the molecule is O=C(NCc1cccc(OC(F)F)c1)C1CCCN(S(=O)(=O)c2cccs2)C1. The van der Waals surface area contributed by atoms with Crippen LogP contribution in [0.1, 0.15) is 18.4 Å². The van der Waals surface area contributed by atoms with E-state index in [1.54, 1.807) is 29.6 Å². The number of halogens is 2. The number of carbonyl (C=O) groups is 1. The number of alkyl halides is 2. The van der Waals surface area contributed by atoms with Gasteiger partial charge in [0, 0.05) is 19.6 Å². The predicted octanol–water partition coefficient (Wildman–Crippen LogP) is 3.07. The second kappa shape index (κ2) is 8.97. The minimum absolute atomic E-state index is 0.0210. The van der Waals surface area contributed by atoms with E-state index >= 15 is 0 Å². The first-order chi connectivity index (χ1) is 13.4. The minimum atomic E-state index is -3.59. The highest BCUT2D eigenvalue weighted by Gasteiger charge is 2.33. The van der Waals surface area contributed by atoms with E-state index in [0.29, 0.717) is 24.9 Å². The fourth-order valence-electron chi connectivity index (χ4n) is 3.08. The zero-order valence-electron chi connectivity index (χ0n) is 14.9. The lowest BCUT2D eigenvalue weighted by atomic mass is 9.99. The molecule has 0 radical (unpaired) electrons. The number of nitrogens with zero attached hydrogens (tertiary/aromatic N) is 1. The Labute approximate surface area is 166 Å². The fraction of sp³-hybridized carbons (Fsp3) is 0.389. The molecule has 3 rings (SSSR count). The standard InChI is InChI=1S/C18H20F2N2O4S2/c19-18(20)26-15-6-1-4-13(10-15)11-21-17(23)14-5-2-8-22(12-14)28(24,25)16-7-3-9-27-16/h1,3-4,6-7,9-10,14,18H,2,5,8,11-12H2,(H,21,23). The lowest BCUT2D eigenvalue weighted by molar-refractivity contribution is -0.126. The van der Waals surface area contributed by atoms with Gasteiger partial charge in [-0.2, -0.15) is 13.1 Å². The summed E-state index contributed by atoms with van der Waals surface area (Å²) >= 11 is 1.15. The van der Waals surface area contributed by atoms with Gasteiger partial charge in [0.05, 0.1) is 5.92 Å². The van der Waals surface area contributed by atoms with Crippen LogP contribution in [0.15, 0.2) is 46.0 Å². The van der Waals surface area contributed by atoms with Crippen molar-refractivity contribution >= 4 is 27.3 Å². The first-order valence-corrected chi connectivity index (χ1v) is 11.0. The molecule has 1 aliphatic heterocycles. The molecule has 1 N–H and O–H groups in total. The average Bonchev–Trinajstić information content (AvgIpc) is 3.22. The van der Waals surface area contributed by atoms with Crippen molar-refractivity contribution in [3.05, 3.63) is 47.3 Å². The van der Waals surface area contributed by atoms with Gasteiger partial charge in [-0.05, 0) is 42.0 Å². The third-order valence-electron chi connectivity index (χ3n) is 4.43. The van der Waals surface area contributed by atoms with Crippen LogP contribution in [0.25, 0.3) is 0 Å². The maximum absolute atomic E-state index is 12.7. The first-order valence-electron chi connectivity index (χ1n) is 8.71. The van der Waals surface area contributed by atoms with Gasteiger partial charge in [0.15, 0.2) is 0 Å². The molecule has 0 bridgehead atoms. The van der Waals surface area contributed by atoms with Gasteiger partial charge in [-0.25, -0.2) is 8.42 Å². The molecule has 1 aromatic heterocycles. The zero-order chi connectivity index (χ0) is 20.1. The Morgan fingerprint density at radius 2 is 2.14 bits per heavy atom. The number of benzene rings is 1. The third kappa shape index (κ3) is 5.06. The molecule has 1 unspecified atom stereocenters. The van der Waals surface area contributed by atoms with Crippen molar-refractivity contribution in [2.45, 2.75) is 30.2 Å². The summed E-state index contributed by atoms with van der Waals surface area (Å²) in [5.74, 6) is -0.692. The lowest BCUT2D eigenvalue weighted by Crippen LogP contribution is -2.45. The normalized spacial score (nSPS) is 18.2. The monoisotopic (exact) mass is 430 g/mol. The molecule has 0 aliphatic carbocycles. The summed E-state index contributed by atoms with van der Waals surface area (Å²) in [5.41, 5.74) is 0.616. The van der Waals surface area contributed by atoms with Crippen LogP contribution in [0.5, 0.6) is 5.75 Å². The Hall–Kier alpha value is -2.04. The molecule has 1 fully saturated rings. The topological polar surface area (TPSA) is 75.7 Å². The second-order valence-corrected chi connectivity index (χ2v) is 9.49. The molecule has 6 nitrogen and oxygen atoms in total. The maximum atomic E-state index is 12.7. The van der Waals surface area contributed by atoms with Crippen molar-refractivity contribution in [1.29, 1.82) is 0 Å². The van der Waals surface area contributed by atoms with E-state index in [0.717, 1.165) is 11.3 Å². The van der Waals surface area contributed by atoms with Crippen molar-refractivity contribution in [3.63, 3.8) is 0 Å². The molecule has 2 aromatic rings. The van der Waals surface area contributed by atoms with Crippen LogP contribution in [-0.4, -0.2) is 38.3 Å². The molecule has 1 amide bonds. The van der Waals surface area contributed by atoms with Crippen LogP contribution >= 0.6 is 11.3 Å². The number of piperidine rings is 1. The Morgan fingerprint density at radius 3 is 2.86 bits per heavy atom. The number of nitrogens with one attached hydrogen (secondary N) is 1. The molecule has 152 valence electrons. The molecule has 1 saturated heterocycles. The smallest absolute Gasteiger partial charge is 0.387 e. The van der Waals surface area contributed by atoms with E-state index in [4.69, 9.17) is 0 Å². The Morgan fingerprint density at radius 1 is 1.32 bits per heavy atom. The van der Waals surface area contributed by atoms with Crippen molar-refractivity contribution in [2.24, 2.45) is 5.92 Å². The molecule has 10 heteroatoms. The number of hydrogen-bond donors (Lipinski definition) is 1. The van der Waals surface area contributed by atoms with Crippen molar-refractivity contribution in [3.8, 4) is 5.75 Å². The summed E-state index contributed by atoms with van der Waals surface area (Å²) in [6, 6.07) is 9.32. The zero-order valence-corrected chi connectivity index (χ0v) is 16.5. The second-order valence-electron chi connectivity index (χ2n) is 6.38. The van der Waals surface area contributed by atoms with E-state index in [9.17, 15) is 22.0 Å². The van der Waals surface area contributed by atoms with Crippen LogP contribution in [0.4, 0.5) is 8.78 Å². The minimum Gasteiger partial charge on any atom is -0.435 e. The molecule has 28 heavy (non-hydrogen) atoms. The number of rotatable bonds is 7. The number of amides is 1. The van der Waals surface area contributed by atoms with Gasteiger partial charge in [0.2, 0.25) is 5.91 Å². The number of thiophene rings is 1. The molecular weight excluding hydrogens is 410 g/mol. The molecular formula is C18H20F2N2O4S2. The average molecular weight is 430 g/mol. The van der Waals surface area contributed by atoms with Crippen molar-refractivity contribution in [1.82, 2.24) is 9.62 Å².